The van der Waals surface area contributed by atoms with Gasteiger partial charge in [0.15, 0.2) is 0 Å². The fourth-order valence-electron chi connectivity index (χ4n) is 3.74. The monoisotopic (exact) mass is 503 g/mol. The summed E-state index contributed by atoms with van der Waals surface area (Å²) < 4.78 is 31.3. The summed E-state index contributed by atoms with van der Waals surface area (Å²) in [5.41, 5.74) is 2.51. The molecular formula is C26H37N3O5S. The second-order valence-corrected chi connectivity index (χ2v) is 10.5. The van der Waals surface area contributed by atoms with Crippen molar-refractivity contribution in [3.05, 3.63) is 59.7 Å². The van der Waals surface area contributed by atoms with Crippen molar-refractivity contribution in [2.45, 2.75) is 52.6 Å². The third kappa shape index (κ3) is 8.58. The summed E-state index contributed by atoms with van der Waals surface area (Å²) in [5.74, 6) is 0.220. The molecule has 0 saturated carbocycles. The lowest BCUT2D eigenvalue weighted by atomic mass is 10.1. The minimum absolute atomic E-state index is 0.111. The topological polar surface area (TPSA) is 96.0 Å². The van der Waals surface area contributed by atoms with Crippen LogP contribution in [0.4, 0.5) is 5.69 Å². The molecule has 0 saturated heterocycles. The zero-order chi connectivity index (χ0) is 26.0. The van der Waals surface area contributed by atoms with Crippen molar-refractivity contribution in [1.29, 1.82) is 0 Å². The highest BCUT2D eigenvalue weighted by molar-refractivity contribution is 7.92. The largest absolute Gasteiger partial charge is 0.497 e. The van der Waals surface area contributed by atoms with E-state index < -0.39 is 16.1 Å². The summed E-state index contributed by atoms with van der Waals surface area (Å²) in [6.07, 6.45) is 2.37. The average Bonchev–Trinajstić information content (AvgIpc) is 2.82. The van der Waals surface area contributed by atoms with E-state index >= 15 is 0 Å². The fraction of sp³-hybridized carbons (Fsp3) is 0.462. The van der Waals surface area contributed by atoms with Crippen LogP contribution in [-0.2, 0) is 26.2 Å². The first kappa shape index (κ1) is 28.2. The molecule has 2 aromatic rings. The SMILES string of the molecule is CCCNC(=O)C(C)N(Cc1cccc(C)c1)C(=O)CCCN(c1ccc(OC)cc1)S(C)(=O)=O. The van der Waals surface area contributed by atoms with Gasteiger partial charge in [0.2, 0.25) is 21.8 Å². The first-order chi connectivity index (χ1) is 16.6. The van der Waals surface area contributed by atoms with Gasteiger partial charge in [-0.3, -0.25) is 13.9 Å². The molecule has 0 aliphatic heterocycles. The lowest BCUT2D eigenvalue weighted by Crippen LogP contribution is -2.47. The molecule has 2 rings (SSSR count). The van der Waals surface area contributed by atoms with Crippen LogP contribution in [-0.4, -0.2) is 57.6 Å². The number of amides is 2. The maximum absolute atomic E-state index is 13.3. The fourth-order valence-corrected chi connectivity index (χ4v) is 4.70. The van der Waals surface area contributed by atoms with Crippen molar-refractivity contribution in [3.63, 3.8) is 0 Å². The van der Waals surface area contributed by atoms with Crippen LogP contribution in [0.2, 0.25) is 0 Å². The van der Waals surface area contributed by atoms with Crippen molar-refractivity contribution in [2.75, 3.05) is 30.8 Å². The van der Waals surface area contributed by atoms with Gasteiger partial charge < -0.3 is 15.0 Å². The molecule has 2 amide bonds. The molecule has 1 unspecified atom stereocenters. The molecule has 0 spiro atoms. The van der Waals surface area contributed by atoms with Gasteiger partial charge in [0.05, 0.1) is 19.1 Å². The van der Waals surface area contributed by atoms with E-state index in [1.165, 1.54) is 4.31 Å². The Hall–Kier alpha value is -3.07. The lowest BCUT2D eigenvalue weighted by Gasteiger charge is -2.29. The van der Waals surface area contributed by atoms with Crippen molar-refractivity contribution in [2.24, 2.45) is 0 Å². The van der Waals surface area contributed by atoms with Gasteiger partial charge in [0.25, 0.3) is 0 Å². The Kier molecular flexibility index (Phi) is 10.6. The zero-order valence-corrected chi connectivity index (χ0v) is 22.1. The quantitative estimate of drug-likeness (QED) is 0.451. The van der Waals surface area contributed by atoms with Gasteiger partial charge in [0.1, 0.15) is 11.8 Å². The molecule has 8 nitrogen and oxygen atoms in total. The van der Waals surface area contributed by atoms with E-state index in [4.69, 9.17) is 4.74 Å². The molecule has 35 heavy (non-hydrogen) atoms. The van der Waals surface area contributed by atoms with Gasteiger partial charge in [0, 0.05) is 26.1 Å². The summed E-state index contributed by atoms with van der Waals surface area (Å²) >= 11 is 0. The molecule has 0 heterocycles. The first-order valence-electron chi connectivity index (χ1n) is 11.8. The second-order valence-electron chi connectivity index (χ2n) is 8.61. The van der Waals surface area contributed by atoms with Crippen LogP contribution in [0, 0.1) is 6.92 Å². The summed E-state index contributed by atoms with van der Waals surface area (Å²) in [7, 11) is -2.00. The molecular weight excluding hydrogens is 466 g/mol. The number of aryl methyl sites for hydroxylation is 1. The molecule has 2 aromatic carbocycles. The smallest absolute Gasteiger partial charge is 0.242 e. The molecule has 1 N–H and O–H groups in total. The molecule has 0 bridgehead atoms. The summed E-state index contributed by atoms with van der Waals surface area (Å²) in [5, 5.41) is 2.86. The number of hydrogen-bond donors (Lipinski definition) is 1. The normalized spacial score (nSPS) is 12.0. The van der Waals surface area contributed by atoms with E-state index in [2.05, 4.69) is 5.32 Å². The van der Waals surface area contributed by atoms with E-state index in [0.717, 1.165) is 23.8 Å². The number of carbonyl (C=O) groups excluding carboxylic acids is 2. The van der Waals surface area contributed by atoms with Crippen molar-refractivity contribution in [1.82, 2.24) is 10.2 Å². The van der Waals surface area contributed by atoms with E-state index in [-0.39, 0.29) is 24.8 Å². The number of nitrogens with zero attached hydrogens (tertiary/aromatic N) is 2. The summed E-state index contributed by atoms with van der Waals surface area (Å²) in [6, 6.07) is 13.9. The Morgan fingerprint density at radius 3 is 2.37 bits per heavy atom. The maximum Gasteiger partial charge on any atom is 0.242 e. The minimum atomic E-state index is -3.55. The molecule has 0 aromatic heterocycles. The van der Waals surface area contributed by atoms with Crippen LogP contribution in [0.3, 0.4) is 0 Å². The molecule has 0 aliphatic rings. The van der Waals surface area contributed by atoms with Crippen LogP contribution in [0.5, 0.6) is 5.75 Å². The third-order valence-corrected chi connectivity index (χ3v) is 6.86. The highest BCUT2D eigenvalue weighted by atomic mass is 32.2. The number of benzene rings is 2. The Bertz CT molecular complexity index is 1090. The number of ether oxygens (including phenoxy) is 1. The molecule has 0 aliphatic carbocycles. The van der Waals surface area contributed by atoms with Gasteiger partial charge in [-0.2, -0.15) is 0 Å². The summed E-state index contributed by atoms with van der Waals surface area (Å²) in [6.45, 7) is 6.66. The average molecular weight is 504 g/mol. The van der Waals surface area contributed by atoms with Gasteiger partial charge in [-0.05, 0) is 56.5 Å². The molecule has 192 valence electrons. The Morgan fingerprint density at radius 2 is 1.80 bits per heavy atom. The molecule has 1 atom stereocenters. The predicted molar refractivity (Wildman–Crippen MR) is 139 cm³/mol. The van der Waals surface area contributed by atoms with Crippen molar-refractivity contribution in [3.8, 4) is 5.75 Å². The van der Waals surface area contributed by atoms with Gasteiger partial charge >= 0.3 is 0 Å². The molecule has 0 radical (unpaired) electrons. The zero-order valence-electron chi connectivity index (χ0n) is 21.3. The Balaban J connectivity index is 2.14. The van der Waals surface area contributed by atoms with Crippen LogP contribution in [0.15, 0.2) is 48.5 Å². The van der Waals surface area contributed by atoms with Gasteiger partial charge in [-0.15, -0.1) is 0 Å². The Morgan fingerprint density at radius 1 is 1.11 bits per heavy atom. The van der Waals surface area contributed by atoms with Crippen LogP contribution in [0.25, 0.3) is 0 Å². The number of sulfonamides is 1. The van der Waals surface area contributed by atoms with Gasteiger partial charge in [-0.25, -0.2) is 8.42 Å². The van der Waals surface area contributed by atoms with E-state index in [9.17, 15) is 18.0 Å². The second kappa shape index (κ2) is 13.1. The number of hydrogen-bond acceptors (Lipinski definition) is 5. The summed E-state index contributed by atoms with van der Waals surface area (Å²) in [4.78, 5) is 27.5. The van der Waals surface area contributed by atoms with Crippen LogP contribution < -0.4 is 14.4 Å². The number of anilines is 1. The van der Waals surface area contributed by atoms with Crippen LogP contribution in [0.1, 0.15) is 44.2 Å². The molecule has 9 heteroatoms. The Labute approximate surface area is 209 Å². The van der Waals surface area contributed by atoms with E-state index in [1.807, 2.05) is 38.1 Å². The van der Waals surface area contributed by atoms with E-state index in [1.54, 1.807) is 43.2 Å². The minimum Gasteiger partial charge on any atom is -0.497 e. The maximum atomic E-state index is 13.3. The number of carbonyl (C=O) groups is 2. The highest BCUT2D eigenvalue weighted by Gasteiger charge is 2.26. The number of rotatable bonds is 13. The standard InChI is InChI=1S/C26H37N3O5S/c1-6-16-27-26(31)21(3)28(19-22-10-7-9-20(2)18-22)25(30)11-8-17-29(35(5,32)33)23-12-14-24(34-4)15-13-23/h7,9-10,12-15,18,21H,6,8,11,16-17,19H2,1-5H3,(H,27,31). The first-order valence-corrected chi connectivity index (χ1v) is 13.7. The highest BCUT2D eigenvalue weighted by Crippen LogP contribution is 2.22. The van der Waals surface area contributed by atoms with Crippen LogP contribution >= 0.6 is 0 Å². The third-order valence-electron chi connectivity index (χ3n) is 5.66. The predicted octanol–water partition coefficient (Wildman–Crippen LogP) is 3.49. The number of nitrogens with one attached hydrogen (secondary N) is 1. The van der Waals surface area contributed by atoms with Crippen molar-refractivity contribution >= 4 is 27.5 Å². The lowest BCUT2D eigenvalue weighted by molar-refractivity contribution is -0.140. The van der Waals surface area contributed by atoms with Gasteiger partial charge in [-0.1, -0.05) is 36.8 Å². The molecule has 0 fully saturated rings. The van der Waals surface area contributed by atoms with E-state index in [0.29, 0.717) is 30.9 Å². The number of methoxy groups -OCH3 is 1. The van der Waals surface area contributed by atoms with Crippen molar-refractivity contribution < 1.29 is 22.7 Å².